The van der Waals surface area contributed by atoms with Crippen molar-refractivity contribution in [1.29, 1.82) is 0 Å². The molecule has 2 unspecified atom stereocenters. The van der Waals surface area contributed by atoms with E-state index < -0.39 is 0 Å². The number of pyridine rings is 1. The number of amides is 1. The number of anilines is 1. The highest BCUT2D eigenvalue weighted by Gasteiger charge is 2.33. The number of methoxy groups -OCH3 is 1. The van der Waals surface area contributed by atoms with E-state index in [4.69, 9.17) is 26.7 Å². The molecule has 2 atom stereocenters. The zero-order valence-corrected chi connectivity index (χ0v) is 20.2. The van der Waals surface area contributed by atoms with Crippen LogP contribution in [0, 0.1) is 6.92 Å². The molecule has 0 spiro atoms. The molecule has 8 nitrogen and oxygen atoms in total. The van der Waals surface area contributed by atoms with Crippen LogP contribution in [0.25, 0.3) is 11.7 Å². The zero-order valence-electron chi connectivity index (χ0n) is 18.5. The van der Waals surface area contributed by atoms with Crippen LogP contribution in [0.3, 0.4) is 0 Å². The molecule has 0 bridgehead atoms. The predicted octanol–water partition coefficient (Wildman–Crippen LogP) is 2.46. The molecule has 2 aromatic heterocycles. The highest BCUT2D eigenvalue weighted by molar-refractivity contribution is 8.26. The Bertz CT molecular complexity index is 1150. The molecule has 4 heterocycles. The number of fused-ring (bicyclic) bond motifs is 1. The van der Waals surface area contributed by atoms with Crippen molar-refractivity contribution in [3.8, 4) is 0 Å². The summed E-state index contributed by atoms with van der Waals surface area (Å²) in [5, 5.41) is 0. The van der Waals surface area contributed by atoms with E-state index in [0.717, 1.165) is 5.56 Å². The summed E-state index contributed by atoms with van der Waals surface area (Å²) in [4.78, 5) is 35.4. The molecule has 32 heavy (non-hydrogen) atoms. The van der Waals surface area contributed by atoms with E-state index in [1.165, 1.54) is 21.1 Å². The SMILES string of the molecule is COCCN1C(=O)/C(=C/c2c(N3CC(C)OC(C)C3)nc3c(C)cccn3c2=O)SC1=S. The Morgan fingerprint density at radius 1 is 1.31 bits per heavy atom. The van der Waals surface area contributed by atoms with E-state index in [0.29, 0.717) is 52.5 Å². The maximum Gasteiger partial charge on any atom is 0.267 e. The summed E-state index contributed by atoms with van der Waals surface area (Å²) >= 11 is 6.58. The number of morpholine rings is 1. The molecule has 2 aliphatic heterocycles. The first-order valence-corrected chi connectivity index (χ1v) is 11.7. The third-order valence-electron chi connectivity index (χ3n) is 5.45. The number of rotatable bonds is 5. The molecule has 2 fully saturated rings. The second-order valence-electron chi connectivity index (χ2n) is 8.03. The zero-order chi connectivity index (χ0) is 23.0. The van der Waals surface area contributed by atoms with Gasteiger partial charge in [0.2, 0.25) is 0 Å². The normalized spacial score (nSPS) is 23.1. The number of thiocarbonyl (C=S) groups is 1. The Morgan fingerprint density at radius 3 is 2.72 bits per heavy atom. The quantitative estimate of drug-likeness (QED) is 0.483. The second-order valence-corrected chi connectivity index (χ2v) is 9.70. The molecule has 2 saturated heterocycles. The number of hydrogen-bond donors (Lipinski definition) is 0. The van der Waals surface area contributed by atoms with E-state index in [-0.39, 0.29) is 23.7 Å². The molecule has 0 N–H and O–H groups in total. The molecule has 2 aliphatic rings. The van der Waals surface area contributed by atoms with Crippen LogP contribution >= 0.6 is 24.0 Å². The minimum Gasteiger partial charge on any atom is -0.383 e. The van der Waals surface area contributed by atoms with Crippen LogP contribution in [-0.2, 0) is 14.3 Å². The molecule has 4 rings (SSSR count). The first kappa shape index (κ1) is 22.9. The monoisotopic (exact) mass is 474 g/mol. The number of carbonyl (C=O) groups is 1. The van der Waals surface area contributed by atoms with Gasteiger partial charge >= 0.3 is 0 Å². The van der Waals surface area contributed by atoms with E-state index >= 15 is 0 Å². The summed E-state index contributed by atoms with van der Waals surface area (Å²) < 4.78 is 12.9. The summed E-state index contributed by atoms with van der Waals surface area (Å²) in [7, 11) is 1.58. The Hall–Kier alpha value is -2.27. The van der Waals surface area contributed by atoms with Crippen molar-refractivity contribution < 1.29 is 14.3 Å². The second kappa shape index (κ2) is 9.30. The lowest BCUT2D eigenvalue weighted by atomic mass is 10.1. The molecule has 0 saturated carbocycles. The Kier molecular flexibility index (Phi) is 6.66. The maximum atomic E-state index is 13.6. The van der Waals surface area contributed by atoms with Crippen molar-refractivity contribution in [3.05, 3.63) is 44.7 Å². The van der Waals surface area contributed by atoms with Gasteiger partial charge in [0.1, 0.15) is 15.8 Å². The molecule has 10 heteroatoms. The van der Waals surface area contributed by atoms with Crippen molar-refractivity contribution in [2.45, 2.75) is 33.0 Å². The van der Waals surface area contributed by atoms with Gasteiger partial charge in [0.15, 0.2) is 0 Å². The smallest absolute Gasteiger partial charge is 0.267 e. The van der Waals surface area contributed by atoms with Gasteiger partial charge in [-0.25, -0.2) is 4.98 Å². The third-order valence-corrected chi connectivity index (χ3v) is 6.83. The molecule has 1 amide bonds. The Morgan fingerprint density at radius 2 is 2.03 bits per heavy atom. The predicted molar refractivity (Wildman–Crippen MR) is 130 cm³/mol. The highest BCUT2D eigenvalue weighted by Crippen LogP contribution is 2.33. The number of hydrogen-bond acceptors (Lipinski definition) is 8. The fourth-order valence-corrected chi connectivity index (χ4v) is 5.32. The van der Waals surface area contributed by atoms with Gasteiger partial charge in [0.25, 0.3) is 11.5 Å². The molecule has 0 radical (unpaired) electrons. The number of thioether (sulfide) groups is 1. The van der Waals surface area contributed by atoms with Gasteiger partial charge in [-0.1, -0.05) is 30.0 Å². The highest BCUT2D eigenvalue weighted by atomic mass is 32.2. The van der Waals surface area contributed by atoms with Crippen LogP contribution in [0.1, 0.15) is 25.0 Å². The summed E-state index contributed by atoms with van der Waals surface area (Å²) in [6.45, 7) is 7.90. The summed E-state index contributed by atoms with van der Waals surface area (Å²) in [5.74, 6) is 0.342. The summed E-state index contributed by atoms with van der Waals surface area (Å²) in [6, 6.07) is 3.74. The minimum atomic E-state index is -0.222. The lowest BCUT2D eigenvalue weighted by Crippen LogP contribution is -2.46. The molecular formula is C22H26N4O4S2. The summed E-state index contributed by atoms with van der Waals surface area (Å²) in [6.07, 6.45) is 3.33. The van der Waals surface area contributed by atoms with Crippen LogP contribution < -0.4 is 10.5 Å². The van der Waals surface area contributed by atoms with Gasteiger partial charge in [-0.3, -0.25) is 18.9 Å². The van der Waals surface area contributed by atoms with Crippen molar-refractivity contribution in [2.24, 2.45) is 0 Å². The Balaban J connectivity index is 1.85. The van der Waals surface area contributed by atoms with E-state index in [1.54, 1.807) is 19.4 Å². The molecule has 170 valence electrons. The van der Waals surface area contributed by atoms with Crippen LogP contribution in [0.2, 0.25) is 0 Å². The van der Waals surface area contributed by atoms with Crippen LogP contribution in [0.4, 0.5) is 5.82 Å². The first-order chi connectivity index (χ1) is 15.3. The number of aromatic nitrogens is 2. The fraction of sp³-hybridized carbons (Fsp3) is 0.455. The van der Waals surface area contributed by atoms with Gasteiger partial charge in [0.05, 0.1) is 35.8 Å². The summed E-state index contributed by atoms with van der Waals surface area (Å²) in [5.41, 5.74) is 1.66. The van der Waals surface area contributed by atoms with Gasteiger partial charge in [-0.05, 0) is 38.5 Å². The lowest BCUT2D eigenvalue weighted by molar-refractivity contribution is -0.122. The standard InChI is InChI=1S/C22H26N4O4S2/c1-13-6-5-7-25-18(13)23-19(24-11-14(2)30-15(3)12-24)16(20(25)27)10-17-21(28)26(8-9-29-4)22(31)32-17/h5-7,10,14-15H,8-9,11-12H2,1-4H3/b17-10-. The number of aryl methyl sites for hydroxylation is 1. The maximum absolute atomic E-state index is 13.6. The van der Waals surface area contributed by atoms with Crippen LogP contribution in [0.5, 0.6) is 0 Å². The molecule has 0 aliphatic carbocycles. The van der Waals surface area contributed by atoms with Gasteiger partial charge in [0, 0.05) is 26.4 Å². The van der Waals surface area contributed by atoms with Crippen molar-refractivity contribution in [2.75, 3.05) is 38.3 Å². The molecule has 2 aromatic rings. The van der Waals surface area contributed by atoms with Crippen LogP contribution in [0.15, 0.2) is 28.0 Å². The average Bonchev–Trinajstić information content (AvgIpc) is 3.00. The van der Waals surface area contributed by atoms with Crippen molar-refractivity contribution in [3.63, 3.8) is 0 Å². The Labute approximate surface area is 196 Å². The van der Waals surface area contributed by atoms with E-state index in [2.05, 4.69) is 4.90 Å². The first-order valence-electron chi connectivity index (χ1n) is 10.5. The van der Waals surface area contributed by atoms with Gasteiger partial charge in [-0.15, -0.1) is 0 Å². The van der Waals surface area contributed by atoms with Crippen molar-refractivity contribution in [1.82, 2.24) is 14.3 Å². The largest absolute Gasteiger partial charge is 0.383 e. The number of nitrogens with zero attached hydrogens (tertiary/aromatic N) is 4. The average molecular weight is 475 g/mol. The fourth-order valence-electron chi connectivity index (χ4n) is 4.03. The van der Waals surface area contributed by atoms with Gasteiger partial charge in [-0.2, -0.15) is 0 Å². The third kappa shape index (κ3) is 4.32. The van der Waals surface area contributed by atoms with E-state index in [1.807, 2.05) is 32.9 Å². The molecule has 0 aromatic carbocycles. The van der Waals surface area contributed by atoms with E-state index in [9.17, 15) is 9.59 Å². The molecular weight excluding hydrogens is 448 g/mol. The van der Waals surface area contributed by atoms with Gasteiger partial charge < -0.3 is 14.4 Å². The minimum absolute atomic E-state index is 0.00373. The topological polar surface area (TPSA) is 76.4 Å². The number of carbonyl (C=O) groups excluding carboxylic acids is 1. The number of ether oxygens (including phenoxy) is 2. The van der Waals surface area contributed by atoms with Crippen molar-refractivity contribution >= 4 is 51.7 Å². The van der Waals surface area contributed by atoms with Crippen LogP contribution in [-0.4, -0.2) is 70.1 Å². The lowest BCUT2D eigenvalue weighted by Gasteiger charge is -2.36.